The van der Waals surface area contributed by atoms with Crippen LogP contribution in [0.2, 0.25) is 0 Å². The lowest BCUT2D eigenvalue weighted by molar-refractivity contribution is -0.274. The van der Waals surface area contributed by atoms with Crippen LogP contribution in [0.1, 0.15) is 29.5 Å². The molecule has 1 heterocycles. The second-order valence-electron chi connectivity index (χ2n) is 9.57. The number of ether oxygens (including phenoxy) is 3. The van der Waals surface area contributed by atoms with Crippen molar-refractivity contribution in [3.05, 3.63) is 90.0 Å². The highest BCUT2D eigenvalue weighted by Crippen LogP contribution is 2.28. The Hall–Kier alpha value is -4.12. The molecule has 0 aromatic heterocycles. The molecule has 0 atom stereocenters. The highest BCUT2D eigenvalue weighted by atomic mass is 32.2. The first kappa shape index (κ1) is 30.8. The van der Waals surface area contributed by atoms with Crippen molar-refractivity contribution in [2.75, 3.05) is 31.2 Å². The minimum absolute atomic E-state index is 0.111. The predicted molar refractivity (Wildman–Crippen MR) is 159 cm³/mol. The van der Waals surface area contributed by atoms with Gasteiger partial charge in [0.15, 0.2) is 6.61 Å². The van der Waals surface area contributed by atoms with Crippen LogP contribution < -0.4 is 19.1 Å². The molecule has 7 nitrogen and oxygen atoms in total. The van der Waals surface area contributed by atoms with Gasteiger partial charge in [0.2, 0.25) is 0 Å². The number of aliphatic imine (C=N–C) groups is 1. The number of anilines is 1. The van der Waals surface area contributed by atoms with Crippen LogP contribution in [-0.4, -0.2) is 48.8 Å². The van der Waals surface area contributed by atoms with Crippen molar-refractivity contribution in [1.82, 2.24) is 0 Å². The molecule has 1 fully saturated rings. The van der Waals surface area contributed by atoms with Crippen molar-refractivity contribution in [3.8, 4) is 17.2 Å². The first-order chi connectivity index (χ1) is 20.1. The zero-order valence-electron chi connectivity index (χ0n) is 23.0. The second kappa shape index (κ2) is 14.2. The molecule has 0 spiro atoms. The van der Waals surface area contributed by atoms with Gasteiger partial charge in [-0.1, -0.05) is 30.8 Å². The summed E-state index contributed by atoms with van der Waals surface area (Å²) in [6.45, 7) is 7.70. The maximum atomic E-state index is 12.5. The maximum absolute atomic E-state index is 12.5. The molecule has 11 heteroatoms. The van der Waals surface area contributed by atoms with Gasteiger partial charge in [-0.2, -0.15) is 0 Å². The van der Waals surface area contributed by atoms with E-state index in [1.54, 1.807) is 37.3 Å². The van der Waals surface area contributed by atoms with Crippen molar-refractivity contribution in [2.45, 2.75) is 31.9 Å². The number of carboxylic acids is 1. The van der Waals surface area contributed by atoms with Gasteiger partial charge in [-0.25, -0.2) is 9.79 Å². The average molecular weight is 601 g/mol. The zero-order chi connectivity index (χ0) is 30.1. The number of benzene rings is 3. The standard InChI is InChI=1S/C31H31F3N2O5S/c1-21-17-27(13-14-28(21)40-19-30(37)38)39-18-29(42-20-23-5-11-26(12-6-23)41-31(32,33)34)35-22(2)24-7-9-25(10-8-24)36-15-3-4-16-36/h5-14,17H,2-4,15-16,18-20H2,1H3,(H,37,38). The third-order valence-electron chi connectivity index (χ3n) is 6.35. The molecule has 1 aliphatic heterocycles. The summed E-state index contributed by atoms with van der Waals surface area (Å²) in [6, 6.07) is 18.8. The number of alkyl halides is 3. The van der Waals surface area contributed by atoms with Gasteiger partial charge in [-0.15, -0.1) is 24.9 Å². The van der Waals surface area contributed by atoms with E-state index in [2.05, 4.69) is 28.3 Å². The molecular formula is C31H31F3N2O5S. The van der Waals surface area contributed by atoms with Crippen LogP contribution in [0.3, 0.4) is 0 Å². The first-order valence-corrected chi connectivity index (χ1v) is 14.2. The van der Waals surface area contributed by atoms with Gasteiger partial charge in [-0.05, 0) is 78.9 Å². The zero-order valence-corrected chi connectivity index (χ0v) is 23.8. The summed E-state index contributed by atoms with van der Waals surface area (Å²) in [6.07, 6.45) is -2.37. The number of aryl methyl sites for hydroxylation is 1. The van der Waals surface area contributed by atoms with Crippen LogP contribution in [0.15, 0.2) is 78.3 Å². The van der Waals surface area contributed by atoms with E-state index in [-0.39, 0.29) is 12.4 Å². The summed E-state index contributed by atoms with van der Waals surface area (Å²) in [7, 11) is 0. The maximum Gasteiger partial charge on any atom is 0.573 e. The molecule has 1 saturated heterocycles. The van der Waals surface area contributed by atoms with E-state index >= 15 is 0 Å². The Morgan fingerprint density at radius 2 is 1.64 bits per heavy atom. The molecule has 0 unspecified atom stereocenters. The van der Waals surface area contributed by atoms with Crippen LogP contribution in [-0.2, 0) is 10.5 Å². The molecule has 0 amide bonds. The summed E-state index contributed by atoms with van der Waals surface area (Å²) in [4.78, 5) is 17.9. The SMILES string of the molecule is C=C(N=C(COc1ccc(OCC(=O)O)c(C)c1)SCc1ccc(OC(F)(F)F)cc1)c1ccc(N2CCCC2)cc1. The van der Waals surface area contributed by atoms with Crippen molar-refractivity contribution in [2.24, 2.45) is 4.99 Å². The summed E-state index contributed by atoms with van der Waals surface area (Å²) < 4.78 is 52.7. The smallest absolute Gasteiger partial charge is 0.487 e. The van der Waals surface area contributed by atoms with Crippen molar-refractivity contribution in [3.63, 3.8) is 0 Å². The number of halogens is 3. The molecule has 0 radical (unpaired) electrons. The molecule has 3 aromatic rings. The summed E-state index contributed by atoms with van der Waals surface area (Å²) in [5.74, 6) is 0.0530. The Morgan fingerprint density at radius 1 is 0.976 bits per heavy atom. The fraction of sp³-hybridized carbons (Fsp3) is 0.290. The Kier molecular flexibility index (Phi) is 10.4. The number of hydrogen-bond donors (Lipinski definition) is 1. The monoisotopic (exact) mass is 600 g/mol. The van der Waals surface area contributed by atoms with Gasteiger partial charge >= 0.3 is 12.3 Å². The Balaban J connectivity index is 1.46. The summed E-state index contributed by atoms with van der Waals surface area (Å²) in [5, 5.41) is 9.46. The average Bonchev–Trinajstić information content (AvgIpc) is 3.49. The van der Waals surface area contributed by atoms with E-state index in [1.807, 2.05) is 12.1 Å². The molecule has 0 bridgehead atoms. The molecular weight excluding hydrogens is 569 g/mol. The lowest BCUT2D eigenvalue weighted by atomic mass is 10.1. The molecule has 0 aliphatic carbocycles. The Labute approximate surface area is 246 Å². The number of thioether (sulfide) groups is 1. The van der Waals surface area contributed by atoms with Gasteiger partial charge < -0.3 is 24.2 Å². The molecule has 42 heavy (non-hydrogen) atoms. The normalized spacial score (nSPS) is 13.6. The van der Waals surface area contributed by atoms with E-state index in [0.29, 0.717) is 33.6 Å². The number of carboxylic acid groups (broad SMARTS) is 1. The lowest BCUT2D eigenvalue weighted by Crippen LogP contribution is -2.17. The first-order valence-electron chi connectivity index (χ1n) is 13.2. The molecule has 0 saturated carbocycles. The topological polar surface area (TPSA) is 80.6 Å². The van der Waals surface area contributed by atoms with Gasteiger partial charge in [-0.3, -0.25) is 0 Å². The van der Waals surface area contributed by atoms with Crippen LogP contribution in [0.4, 0.5) is 18.9 Å². The third kappa shape index (κ3) is 9.47. The minimum Gasteiger partial charge on any atom is -0.487 e. The Bertz CT molecular complexity index is 1400. The molecule has 222 valence electrons. The number of rotatable bonds is 12. The quantitative estimate of drug-likeness (QED) is 0.172. The van der Waals surface area contributed by atoms with E-state index < -0.39 is 18.9 Å². The van der Waals surface area contributed by atoms with E-state index in [0.717, 1.165) is 29.9 Å². The fourth-order valence-electron chi connectivity index (χ4n) is 4.27. The fourth-order valence-corrected chi connectivity index (χ4v) is 5.12. The Morgan fingerprint density at radius 3 is 2.26 bits per heavy atom. The lowest BCUT2D eigenvalue weighted by Gasteiger charge is -2.17. The van der Waals surface area contributed by atoms with E-state index in [4.69, 9.17) is 19.6 Å². The number of hydrogen-bond acceptors (Lipinski definition) is 7. The highest BCUT2D eigenvalue weighted by Gasteiger charge is 2.31. The van der Waals surface area contributed by atoms with Crippen LogP contribution in [0.25, 0.3) is 5.70 Å². The van der Waals surface area contributed by atoms with Crippen molar-refractivity contribution in [1.29, 1.82) is 0 Å². The number of nitrogens with zero attached hydrogens (tertiary/aromatic N) is 2. The highest BCUT2D eigenvalue weighted by molar-refractivity contribution is 8.13. The number of aliphatic carboxylic acids is 1. The van der Waals surface area contributed by atoms with E-state index in [1.165, 1.54) is 36.7 Å². The molecule has 3 aromatic carbocycles. The van der Waals surface area contributed by atoms with Gasteiger partial charge in [0, 0.05) is 24.5 Å². The van der Waals surface area contributed by atoms with Crippen LogP contribution in [0.5, 0.6) is 17.2 Å². The van der Waals surface area contributed by atoms with Crippen LogP contribution in [0, 0.1) is 6.92 Å². The molecule has 1 aliphatic rings. The molecule has 4 rings (SSSR count). The van der Waals surface area contributed by atoms with Gasteiger partial charge in [0.25, 0.3) is 0 Å². The predicted octanol–water partition coefficient (Wildman–Crippen LogP) is 7.34. The van der Waals surface area contributed by atoms with Crippen molar-refractivity contribution < 1.29 is 37.3 Å². The largest absolute Gasteiger partial charge is 0.573 e. The van der Waals surface area contributed by atoms with Gasteiger partial charge in [0.1, 0.15) is 28.9 Å². The second-order valence-corrected chi connectivity index (χ2v) is 10.6. The van der Waals surface area contributed by atoms with E-state index in [9.17, 15) is 18.0 Å². The van der Waals surface area contributed by atoms with Gasteiger partial charge in [0.05, 0.1) is 5.70 Å². The summed E-state index contributed by atoms with van der Waals surface area (Å²) >= 11 is 1.38. The van der Waals surface area contributed by atoms with Crippen LogP contribution >= 0.6 is 11.8 Å². The molecule has 1 N–H and O–H groups in total. The minimum atomic E-state index is -4.75. The number of carbonyl (C=O) groups is 1. The summed E-state index contributed by atoms with van der Waals surface area (Å²) in [5.41, 5.74) is 4.06. The third-order valence-corrected chi connectivity index (χ3v) is 7.37. The van der Waals surface area contributed by atoms with Crippen molar-refractivity contribution >= 4 is 34.2 Å².